The fourth-order valence-electron chi connectivity index (χ4n) is 3.83. The molecule has 0 radical (unpaired) electrons. The molecule has 0 saturated carbocycles. The molecule has 1 fully saturated rings. The standard InChI is InChI=1S/C19H24O9/c1-10(20)25-9-12-15-13(27-16(12)22)7-17(3)5-6-19(24,28-17)18(4,23)8-14(15)26-11(2)21/h7,14,23-24H,5-6,8-9H2,1-4H3/t14-,17+,18+,19-/m1/s1. The average Bonchev–Trinajstić information content (AvgIpc) is 3.01. The van der Waals surface area contributed by atoms with Gasteiger partial charge in [-0.3, -0.25) is 9.59 Å². The molecule has 0 unspecified atom stereocenters. The predicted octanol–water partition coefficient (Wildman–Crippen LogP) is 0.631. The van der Waals surface area contributed by atoms with Crippen molar-refractivity contribution < 1.29 is 43.5 Å². The maximum atomic E-state index is 12.4. The Labute approximate surface area is 161 Å². The van der Waals surface area contributed by atoms with Gasteiger partial charge < -0.3 is 29.2 Å². The first kappa shape index (κ1) is 20.5. The molecule has 3 aliphatic rings. The Morgan fingerprint density at radius 1 is 1.21 bits per heavy atom. The van der Waals surface area contributed by atoms with E-state index in [9.17, 15) is 24.6 Å². The van der Waals surface area contributed by atoms with Gasteiger partial charge in [-0.15, -0.1) is 0 Å². The van der Waals surface area contributed by atoms with Gasteiger partial charge in [0.25, 0.3) is 0 Å². The van der Waals surface area contributed by atoms with Crippen LogP contribution in [-0.4, -0.2) is 57.8 Å². The summed E-state index contributed by atoms with van der Waals surface area (Å²) in [5.74, 6) is -3.76. The second-order valence-electron chi connectivity index (χ2n) is 7.85. The van der Waals surface area contributed by atoms with Gasteiger partial charge in [-0.2, -0.15) is 0 Å². The Balaban J connectivity index is 2.16. The lowest BCUT2D eigenvalue weighted by Crippen LogP contribution is -2.54. The van der Waals surface area contributed by atoms with Gasteiger partial charge in [-0.05, 0) is 26.3 Å². The zero-order valence-electron chi connectivity index (χ0n) is 16.2. The van der Waals surface area contributed by atoms with Crippen LogP contribution in [-0.2, 0) is 33.3 Å². The number of ether oxygens (including phenoxy) is 4. The van der Waals surface area contributed by atoms with Gasteiger partial charge in [0, 0.05) is 32.3 Å². The predicted molar refractivity (Wildman–Crippen MR) is 92.3 cm³/mol. The smallest absolute Gasteiger partial charge is 0.343 e. The summed E-state index contributed by atoms with van der Waals surface area (Å²) in [6.07, 6.45) is 0.653. The molecule has 28 heavy (non-hydrogen) atoms. The molecule has 1 saturated heterocycles. The maximum Gasteiger partial charge on any atom is 0.343 e. The maximum absolute atomic E-state index is 12.4. The molecule has 0 aromatic carbocycles. The molecular weight excluding hydrogens is 372 g/mol. The fourth-order valence-corrected chi connectivity index (χ4v) is 3.83. The van der Waals surface area contributed by atoms with Crippen LogP contribution in [0.2, 0.25) is 0 Å². The van der Waals surface area contributed by atoms with Crippen molar-refractivity contribution in [1.29, 1.82) is 0 Å². The summed E-state index contributed by atoms with van der Waals surface area (Å²) in [4.78, 5) is 35.3. The Hall–Kier alpha value is -2.23. The summed E-state index contributed by atoms with van der Waals surface area (Å²) in [6.45, 7) is 5.08. The second-order valence-corrected chi connectivity index (χ2v) is 7.85. The molecule has 3 rings (SSSR count). The number of rotatable bonds is 3. The van der Waals surface area contributed by atoms with Crippen LogP contribution in [0, 0.1) is 0 Å². The van der Waals surface area contributed by atoms with E-state index >= 15 is 0 Å². The summed E-state index contributed by atoms with van der Waals surface area (Å²) in [5, 5.41) is 21.9. The number of hydrogen-bond acceptors (Lipinski definition) is 9. The zero-order valence-corrected chi connectivity index (χ0v) is 16.2. The van der Waals surface area contributed by atoms with Gasteiger partial charge in [0.1, 0.15) is 24.1 Å². The third-order valence-electron chi connectivity index (χ3n) is 5.31. The summed E-state index contributed by atoms with van der Waals surface area (Å²) in [7, 11) is 0. The Morgan fingerprint density at radius 3 is 2.50 bits per heavy atom. The molecule has 0 aromatic heterocycles. The normalized spacial score (nSPS) is 37.3. The minimum Gasteiger partial charge on any atom is -0.461 e. The van der Waals surface area contributed by atoms with E-state index in [2.05, 4.69) is 0 Å². The van der Waals surface area contributed by atoms with Crippen LogP contribution < -0.4 is 0 Å². The molecule has 4 atom stereocenters. The van der Waals surface area contributed by atoms with Crippen molar-refractivity contribution in [3.63, 3.8) is 0 Å². The van der Waals surface area contributed by atoms with Crippen molar-refractivity contribution >= 4 is 17.9 Å². The van der Waals surface area contributed by atoms with E-state index in [1.165, 1.54) is 26.8 Å². The summed E-state index contributed by atoms with van der Waals surface area (Å²) >= 11 is 0. The van der Waals surface area contributed by atoms with Gasteiger partial charge in [0.05, 0.1) is 11.2 Å². The molecule has 154 valence electrons. The minimum absolute atomic E-state index is 0.0110. The lowest BCUT2D eigenvalue weighted by Gasteiger charge is -2.40. The molecule has 0 aromatic rings. The van der Waals surface area contributed by atoms with E-state index in [0.717, 1.165) is 0 Å². The SMILES string of the molecule is CC(=O)OCC1=C2C(=C[C@]3(C)CC[C@@](O)(O3)[C@@](C)(O)C[C@H]2OC(C)=O)OC1=O. The zero-order chi connectivity index (χ0) is 20.9. The quantitative estimate of drug-likeness (QED) is 0.521. The van der Waals surface area contributed by atoms with Crippen molar-refractivity contribution in [2.24, 2.45) is 0 Å². The van der Waals surface area contributed by atoms with E-state index in [4.69, 9.17) is 18.9 Å². The second kappa shape index (κ2) is 6.68. The summed E-state index contributed by atoms with van der Waals surface area (Å²) in [6, 6.07) is 0. The molecule has 2 bridgehead atoms. The topological polar surface area (TPSA) is 129 Å². The van der Waals surface area contributed by atoms with Crippen LogP contribution in [0.25, 0.3) is 0 Å². The van der Waals surface area contributed by atoms with Gasteiger partial charge in [-0.1, -0.05) is 0 Å². The lowest BCUT2D eigenvalue weighted by molar-refractivity contribution is -0.298. The molecule has 9 nitrogen and oxygen atoms in total. The molecule has 3 aliphatic heterocycles. The number of carbonyl (C=O) groups excluding carboxylic acids is 3. The number of carbonyl (C=O) groups is 3. The highest BCUT2D eigenvalue weighted by Crippen LogP contribution is 2.49. The van der Waals surface area contributed by atoms with Gasteiger partial charge >= 0.3 is 17.9 Å². The summed E-state index contributed by atoms with van der Waals surface area (Å²) in [5.41, 5.74) is -2.62. The number of esters is 3. The van der Waals surface area contributed by atoms with Crippen LogP contribution in [0.3, 0.4) is 0 Å². The van der Waals surface area contributed by atoms with E-state index in [1.807, 2.05) is 0 Å². The van der Waals surface area contributed by atoms with E-state index in [0.29, 0.717) is 6.42 Å². The van der Waals surface area contributed by atoms with Crippen LogP contribution in [0.4, 0.5) is 0 Å². The Bertz CT molecular complexity index is 793. The number of hydrogen-bond donors (Lipinski definition) is 2. The highest BCUT2D eigenvalue weighted by atomic mass is 16.7. The molecule has 3 heterocycles. The van der Waals surface area contributed by atoms with Crippen LogP contribution in [0.1, 0.15) is 47.0 Å². The number of aliphatic hydroxyl groups is 2. The van der Waals surface area contributed by atoms with E-state index < -0.39 is 41.0 Å². The highest BCUT2D eigenvalue weighted by Gasteiger charge is 2.58. The lowest BCUT2D eigenvalue weighted by atomic mass is 9.82. The number of fused-ring (bicyclic) bond motifs is 3. The molecule has 9 heteroatoms. The third-order valence-corrected chi connectivity index (χ3v) is 5.31. The Morgan fingerprint density at radius 2 is 1.89 bits per heavy atom. The first-order chi connectivity index (χ1) is 12.9. The van der Waals surface area contributed by atoms with Crippen LogP contribution in [0.5, 0.6) is 0 Å². The summed E-state index contributed by atoms with van der Waals surface area (Å²) < 4.78 is 21.5. The molecule has 0 amide bonds. The monoisotopic (exact) mass is 396 g/mol. The van der Waals surface area contributed by atoms with E-state index in [-0.39, 0.29) is 36.4 Å². The highest BCUT2D eigenvalue weighted by molar-refractivity contribution is 5.95. The first-order valence-electron chi connectivity index (χ1n) is 9.00. The fraction of sp³-hybridized carbons (Fsp3) is 0.632. The average molecular weight is 396 g/mol. The van der Waals surface area contributed by atoms with Crippen molar-refractivity contribution in [3.05, 3.63) is 23.0 Å². The molecule has 0 spiro atoms. The third kappa shape index (κ3) is 3.57. The van der Waals surface area contributed by atoms with Gasteiger partial charge in [0.15, 0.2) is 5.79 Å². The Kier molecular flexibility index (Phi) is 4.89. The van der Waals surface area contributed by atoms with Crippen molar-refractivity contribution in [1.82, 2.24) is 0 Å². The minimum atomic E-state index is -1.88. The van der Waals surface area contributed by atoms with Crippen molar-refractivity contribution in [2.75, 3.05) is 6.61 Å². The van der Waals surface area contributed by atoms with Crippen molar-refractivity contribution in [2.45, 2.75) is 70.1 Å². The van der Waals surface area contributed by atoms with Gasteiger partial charge in [-0.25, -0.2) is 4.79 Å². The van der Waals surface area contributed by atoms with Crippen molar-refractivity contribution in [3.8, 4) is 0 Å². The van der Waals surface area contributed by atoms with E-state index in [1.54, 1.807) is 6.92 Å². The largest absolute Gasteiger partial charge is 0.461 e. The van der Waals surface area contributed by atoms with Crippen LogP contribution in [0.15, 0.2) is 23.0 Å². The van der Waals surface area contributed by atoms with Gasteiger partial charge in [0.2, 0.25) is 0 Å². The first-order valence-corrected chi connectivity index (χ1v) is 9.00. The molecule has 2 N–H and O–H groups in total. The molecular formula is C19H24O9. The van der Waals surface area contributed by atoms with Crippen LogP contribution >= 0.6 is 0 Å². The molecule has 0 aliphatic carbocycles.